The second-order valence-corrected chi connectivity index (χ2v) is 3.18. The monoisotopic (exact) mass is 258 g/mol. The van der Waals surface area contributed by atoms with Crippen molar-refractivity contribution in [1.29, 1.82) is 0 Å². The highest BCUT2D eigenvalue weighted by Gasteiger charge is 2.33. The van der Waals surface area contributed by atoms with Crippen LogP contribution in [0.15, 0.2) is 12.1 Å². The number of aromatic carboxylic acids is 1. The Labute approximate surface area is 101 Å². The fourth-order valence-electron chi connectivity index (χ4n) is 1.14. The molecule has 4 nitrogen and oxygen atoms in total. The highest BCUT2D eigenvalue weighted by atomic mass is 19.4. The largest absolute Gasteiger partial charge is 0.478 e. The van der Waals surface area contributed by atoms with E-state index in [0.29, 0.717) is 6.07 Å². The molecule has 0 aromatic carbocycles. The SMILES string of the molecule is CC#CCNc1nc(C(F)(F)F)ccc1C(=O)O. The molecular formula is C11H9F3N2O2. The second kappa shape index (κ2) is 5.40. The smallest absolute Gasteiger partial charge is 0.433 e. The van der Waals surface area contributed by atoms with E-state index in [1.165, 1.54) is 0 Å². The fraction of sp³-hybridized carbons (Fsp3) is 0.273. The van der Waals surface area contributed by atoms with E-state index >= 15 is 0 Å². The van der Waals surface area contributed by atoms with Crippen LogP contribution in [0.3, 0.4) is 0 Å². The van der Waals surface area contributed by atoms with Crippen LogP contribution < -0.4 is 5.32 Å². The minimum Gasteiger partial charge on any atom is -0.478 e. The molecule has 0 saturated heterocycles. The third kappa shape index (κ3) is 3.38. The van der Waals surface area contributed by atoms with Crippen LogP contribution in [0.25, 0.3) is 0 Å². The van der Waals surface area contributed by atoms with Crippen molar-refractivity contribution in [3.05, 3.63) is 23.4 Å². The number of rotatable bonds is 3. The summed E-state index contributed by atoms with van der Waals surface area (Å²) in [5.74, 6) is 3.36. The molecular weight excluding hydrogens is 249 g/mol. The van der Waals surface area contributed by atoms with Gasteiger partial charge < -0.3 is 10.4 Å². The quantitative estimate of drug-likeness (QED) is 0.816. The molecule has 0 aliphatic heterocycles. The van der Waals surface area contributed by atoms with Gasteiger partial charge in [0.25, 0.3) is 0 Å². The normalized spacial score (nSPS) is 10.4. The van der Waals surface area contributed by atoms with Gasteiger partial charge in [0, 0.05) is 0 Å². The topological polar surface area (TPSA) is 62.2 Å². The molecule has 0 amide bonds. The van der Waals surface area contributed by atoms with E-state index in [4.69, 9.17) is 5.11 Å². The lowest BCUT2D eigenvalue weighted by molar-refractivity contribution is -0.141. The maximum absolute atomic E-state index is 12.4. The second-order valence-electron chi connectivity index (χ2n) is 3.18. The van der Waals surface area contributed by atoms with Crippen molar-refractivity contribution in [2.45, 2.75) is 13.1 Å². The van der Waals surface area contributed by atoms with Crippen molar-refractivity contribution in [3.8, 4) is 11.8 Å². The molecule has 0 aliphatic rings. The van der Waals surface area contributed by atoms with Crippen LogP contribution >= 0.6 is 0 Å². The van der Waals surface area contributed by atoms with E-state index in [0.717, 1.165) is 6.07 Å². The number of carboxylic acid groups (broad SMARTS) is 1. The van der Waals surface area contributed by atoms with E-state index < -0.39 is 17.8 Å². The standard InChI is InChI=1S/C11H9F3N2O2/c1-2-3-6-15-9-7(10(17)18)4-5-8(16-9)11(12,13)14/h4-5H,6H2,1H3,(H,15,16)(H,17,18). The first kappa shape index (κ1) is 13.8. The van der Waals surface area contributed by atoms with Crippen LogP contribution in [0.4, 0.5) is 19.0 Å². The summed E-state index contributed by atoms with van der Waals surface area (Å²) in [7, 11) is 0. The molecule has 96 valence electrons. The Balaban J connectivity index is 3.14. The Kier molecular flexibility index (Phi) is 4.15. The summed E-state index contributed by atoms with van der Waals surface area (Å²) < 4.78 is 37.3. The number of carboxylic acids is 1. The average molecular weight is 258 g/mol. The number of halogens is 3. The van der Waals surface area contributed by atoms with Crippen LogP contribution in [0.5, 0.6) is 0 Å². The Morgan fingerprint density at radius 3 is 2.67 bits per heavy atom. The molecule has 0 fully saturated rings. The fourth-order valence-corrected chi connectivity index (χ4v) is 1.14. The molecule has 1 heterocycles. The number of nitrogens with one attached hydrogen (secondary N) is 1. The summed E-state index contributed by atoms with van der Waals surface area (Å²) >= 11 is 0. The van der Waals surface area contributed by atoms with Crippen molar-refractivity contribution in [2.24, 2.45) is 0 Å². The first-order valence-electron chi connectivity index (χ1n) is 4.81. The third-order valence-corrected chi connectivity index (χ3v) is 1.94. The van der Waals surface area contributed by atoms with Gasteiger partial charge in [0.2, 0.25) is 0 Å². The number of anilines is 1. The number of hydrogen-bond donors (Lipinski definition) is 2. The van der Waals surface area contributed by atoms with Crippen LogP contribution in [0, 0.1) is 11.8 Å². The highest BCUT2D eigenvalue weighted by molar-refractivity contribution is 5.93. The number of nitrogens with zero attached hydrogens (tertiary/aromatic N) is 1. The van der Waals surface area contributed by atoms with Gasteiger partial charge in [-0.1, -0.05) is 5.92 Å². The summed E-state index contributed by atoms with van der Waals surface area (Å²) in [4.78, 5) is 14.1. The zero-order valence-corrected chi connectivity index (χ0v) is 9.30. The van der Waals surface area contributed by atoms with Crippen molar-refractivity contribution in [2.75, 3.05) is 11.9 Å². The van der Waals surface area contributed by atoms with Gasteiger partial charge in [-0.3, -0.25) is 0 Å². The summed E-state index contributed by atoms with van der Waals surface area (Å²) in [6, 6.07) is 1.49. The summed E-state index contributed by atoms with van der Waals surface area (Å²) in [6.45, 7) is 1.57. The molecule has 18 heavy (non-hydrogen) atoms. The van der Waals surface area contributed by atoms with Crippen molar-refractivity contribution in [3.63, 3.8) is 0 Å². The summed E-state index contributed by atoms with van der Waals surface area (Å²) in [5.41, 5.74) is -1.49. The van der Waals surface area contributed by atoms with Crippen molar-refractivity contribution in [1.82, 2.24) is 4.98 Å². The Morgan fingerprint density at radius 1 is 1.50 bits per heavy atom. The maximum Gasteiger partial charge on any atom is 0.433 e. The Hall–Kier alpha value is -2.23. The lowest BCUT2D eigenvalue weighted by Gasteiger charge is -2.10. The molecule has 0 aliphatic carbocycles. The zero-order chi connectivity index (χ0) is 13.8. The first-order chi connectivity index (χ1) is 8.36. The Morgan fingerprint density at radius 2 is 2.17 bits per heavy atom. The van der Waals surface area contributed by atoms with E-state index in [1.807, 2.05) is 0 Å². The Bertz CT molecular complexity index is 515. The molecule has 7 heteroatoms. The average Bonchev–Trinajstić information content (AvgIpc) is 2.27. The molecule has 1 rings (SSSR count). The van der Waals surface area contributed by atoms with Crippen LogP contribution in [-0.2, 0) is 6.18 Å². The minimum absolute atomic E-state index is 0.0189. The van der Waals surface area contributed by atoms with E-state index in [1.54, 1.807) is 6.92 Å². The zero-order valence-electron chi connectivity index (χ0n) is 9.30. The molecule has 0 saturated carbocycles. The number of pyridine rings is 1. The molecule has 0 spiro atoms. The number of alkyl halides is 3. The van der Waals surface area contributed by atoms with Crippen molar-refractivity contribution < 1.29 is 23.1 Å². The number of hydrogen-bond acceptors (Lipinski definition) is 3. The lowest BCUT2D eigenvalue weighted by atomic mass is 10.2. The summed E-state index contributed by atoms with van der Waals surface area (Å²) in [6.07, 6.45) is -4.62. The minimum atomic E-state index is -4.62. The van der Waals surface area contributed by atoms with Gasteiger partial charge in [0.05, 0.1) is 6.54 Å². The molecule has 2 N–H and O–H groups in total. The predicted octanol–water partition coefficient (Wildman–Crippen LogP) is 2.23. The molecule has 0 unspecified atom stereocenters. The van der Waals surface area contributed by atoms with Crippen molar-refractivity contribution >= 4 is 11.8 Å². The van der Waals surface area contributed by atoms with Crippen LogP contribution in [0.2, 0.25) is 0 Å². The molecule has 1 aromatic rings. The number of aromatic nitrogens is 1. The van der Waals surface area contributed by atoms with Gasteiger partial charge in [-0.25, -0.2) is 9.78 Å². The van der Waals surface area contributed by atoms with E-state index in [-0.39, 0.29) is 17.9 Å². The van der Waals surface area contributed by atoms with Crippen LogP contribution in [0.1, 0.15) is 23.0 Å². The third-order valence-electron chi connectivity index (χ3n) is 1.94. The molecule has 1 aromatic heterocycles. The van der Waals surface area contributed by atoms with Gasteiger partial charge in [-0.2, -0.15) is 13.2 Å². The molecule has 0 bridgehead atoms. The maximum atomic E-state index is 12.4. The first-order valence-corrected chi connectivity index (χ1v) is 4.81. The van der Waals surface area contributed by atoms with E-state index in [2.05, 4.69) is 22.1 Å². The van der Waals surface area contributed by atoms with Gasteiger partial charge in [-0.05, 0) is 19.1 Å². The predicted molar refractivity (Wildman–Crippen MR) is 58.1 cm³/mol. The molecule has 0 atom stereocenters. The van der Waals surface area contributed by atoms with E-state index in [9.17, 15) is 18.0 Å². The number of carbonyl (C=O) groups is 1. The van der Waals surface area contributed by atoms with Gasteiger partial charge >= 0.3 is 12.1 Å². The molecule has 0 radical (unpaired) electrons. The van der Waals surface area contributed by atoms with Crippen LogP contribution in [-0.4, -0.2) is 22.6 Å². The lowest BCUT2D eigenvalue weighted by Crippen LogP contribution is -2.14. The summed E-state index contributed by atoms with van der Waals surface area (Å²) in [5, 5.41) is 11.3. The van der Waals surface area contributed by atoms with Gasteiger partial charge in [0.15, 0.2) is 0 Å². The van der Waals surface area contributed by atoms with Gasteiger partial charge in [-0.15, -0.1) is 5.92 Å². The highest BCUT2D eigenvalue weighted by Crippen LogP contribution is 2.29. The van der Waals surface area contributed by atoms with Gasteiger partial charge in [0.1, 0.15) is 17.1 Å².